The predicted molar refractivity (Wildman–Crippen MR) is 102 cm³/mol. The number of rotatable bonds is 3. The summed E-state index contributed by atoms with van der Waals surface area (Å²) in [5, 5.41) is 0. The van der Waals surface area contributed by atoms with Crippen LogP contribution in [0, 0.1) is 0 Å². The van der Waals surface area contributed by atoms with Crippen molar-refractivity contribution >= 4 is 5.95 Å². The molecule has 1 saturated heterocycles. The van der Waals surface area contributed by atoms with Gasteiger partial charge in [-0.25, -0.2) is 15.0 Å². The van der Waals surface area contributed by atoms with E-state index in [2.05, 4.69) is 27.0 Å². The zero-order chi connectivity index (χ0) is 18.6. The molecule has 0 aliphatic carbocycles. The highest BCUT2D eigenvalue weighted by atomic mass is 16.5. The van der Waals surface area contributed by atoms with E-state index in [0.29, 0.717) is 30.5 Å². The summed E-state index contributed by atoms with van der Waals surface area (Å²) in [6, 6.07) is 13.5. The molecule has 1 aliphatic rings. The van der Waals surface area contributed by atoms with Crippen molar-refractivity contribution in [1.82, 2.24) is 19.5 Å². The molecule has 1 aromatic carbocycles. The van der Waals surface area contributed by atoms with E-state index in [9.17, 15) is 4.79 Å². The van der Waals surface area contributed by atoms with Gasteiger partial charge in [0.25, 0.3) is 5.56 Å². The van der Waals surface area contributed by atoms with Crippen molar-refractivity contribution in [2.75, 3.05) is 24.7 Å². The number of aromatic nitrogens is 4. The summed E-state index contributed by atoms with van der Waals surface area (Å²) in [5.74, 6) is 0.621. The summed E-state index contributed by atoms with van der Waals surface area (Å²) < 4.78 is 7.41. The Bertz CT molecular complexity index is 959. The van der Waals surface area contributed by atoms with Crippen molar-refractivity contribution < 1.29 is 4.74 Å². The van der Waals surface area contributed by atoms with Crippen LogP contribution in [0.15, 0.2) is 59.8 Å². The molecule has 7 heteroatoms. The van der Waals surface area contributed by atoms with Crippen LogP contribution in [0.5, 0.6) is 0 Å². The number of hydrogen-bond acceptors (Lipinski definition) is 6. The Balaban J connectivity index is 1.82. The Hall–Kier alpha value is -3.06. The first-order valence-electron chi connectivity index (χ1n) is 8.98. The van der Waals surface area contributed by atoms with E-state index >= 15 is 0 Å². The van der Waals surface area contributed by atoms with Gasteiger partial charge in [-0.15, -0.1) is 0 Å². The summed E-state index contributed by atoms with van der Waals surface area (Å²) in [6.07, 6.45) is 3.98. The van der Waals surface area contributed by atoms with Gasteiger partial charge in [-0.1, -0.05) is 30.3 Å². The van der Waals surface area contributed by atoms with Gasteiger partial charge in [-0.2, -0.15) is 0 Å². The van der Waals surface area contributed by atoms with E-state index in [1.807, 2.05) is 18.2 Å². The van der Waals surface area contributed by atoms with E-state index in [0.717, 1.165) is 18.5 Å². The summed E-state index contributed by atoms with van der Waals surface area (Å²) in [4.78, 5) is 27.8. The monoisotopic (exact) mass is 363 g/mol. The summed E-state index contributed by atoms with van der Waals surface area (Å²) >= 11 is 0. The zero-order valence-electron chi connectivity index (χ0n) is 15.2. The maximum atomic E-state index is 12.6. The average molecular weight is 363 g/mol. The molecule has 2 aromatic heterocycles. The molecular weight excluding hydrogens is 342 g/mol. The molecule has 0 spiro atoms. The molecule has 0 saturated carbocycles. The smallest absolute Gasteiger partial charge is 0.255 e. The fourth-order valence-corrected chi connectivity index (χ4v) is 3.33. The van der Waals surface area contributed by atoms with Crippen LogP contribution in [-0.2, 0) is 11.8 Å². The largest absolute Gasteiger partial charge is 0.379 e. The standard InChI is InChI=1S/C20H21N5O2/c1-24-19(26)12-17(16-8-9-21-14-22-16)23-20(24)25-10-5-11-27-13-18(25)15-6-3-2-4-7-15/h2-4,6-9,12,14,18H,5,10-11,13H2,1H3/t18-/m0/s1. The van der Waals surface area contributed by atoms with Gasteiger partial charge in [0.15, 0.2) is 0 Å². The van der Waals surface area contributed by atoms with Gasteiger partial charge in [0, 0.05) is 32.5 Å². The molecule has 0 radical (unpaired) electrons. The Morgan fingerprint density at radius 3 is 2.78 bits per heavy atom. The van der Waals surface area contributed by atoms with Gasteiger partial charge < -0.3 is 9.64 Å². The third kappa shape index (κ3) is 3.59. The van der Waals surface area contributed by atoms with Gasteiger partial charge in [0.2, 0.25) is 5.95 Å². The van der Waals surface area contributed by atoms with Gasteiger partial charge in [0.1, 0.15) is 6.33 Å². The maximum absolute atomic E-state index is 12.6. The zero-order valence-corrected chi connectivity index (χ0v) is 15.2. The van der Waals surface area contributed by atoms with E-state index in [4.69, 9.17) is 9.72 Å². The lowest BCUT2D eigenvalue weighted by atomic mass is 10.1. The highest BCUT2D eigenvalue weighted by Gasteiger charge is 2.27. The van der Waals surface area contributed by atoms with Crippen molar-refractivity contribution in [3.63, 3.8) is 0 Å². The Morgan fingerprint density at radius 1 is 1.15 bits per heavy atom. The van der Waals surface area contributed by atoms with Crippen LogP contribution in [0.1, 0.15) is 18.0 Å². The number of hydrogen-bond donors (Lipinski definition) is 0. The lowest BCUT2D eigenvalue weighted by molar-refractivity contribution is 0.134. The maximum Gasteiger partial charge on any atom is 0.255 e. The predicted octanol–water partition coefficient (Wildman–Crippen LogP) is 2.21. The fourth-order valence-electron chi connectivity index (χ4n) is 3.33. The SMILES string of the molecule is Cn1c(N2CCCOC[C@H]2c2ccccc2)nc(-c2ccncn2)cc1=O. The van der Waals surface area contributed by atoms with Crippen molar-refractivity contribution in [2.24, 2.45) is 7.05 Å². The minimum atomic E-state index is -0.120. The molecular formula is C20H21N5O2. The average Bonchev–Trinajstić information content (AvgIpc) is 2.97. The van der Waals surface area contributed by atoms with Crippen molar-refractivity contribution in [2.45, 2.75) is 12.5 Å². The Kier molecular flexibility index (Phi) is 4.93. The van der Waals surface area contributed by atoms with Crippen LogP contribution >= 0.6 is 0 Å². The number of benzene rings is 1. The van der Waals surface area contributed by atoms with Gasteiger partial charge in [-0.3, -0.25) is 9.36 Å². The molecule has 138 valence electrons. The highest BCUT2D eigenvalue weighted by Crippen LogP contribution is 2.28. The van der Waals surface area contributed by atoms with Crippen LogP contribution in [0.4, 0.5) is 5.95 Å². The molecule has 3 heterocycles. The molecule has 1 atom stereocenters. The third-order valence-corrected chi connectivity index (χ3v) is 4.74. The van der Waals surface area contributed by atoms with E-state index < -0.39 is 0 Å². The first-order valence-corrected chi connectivity index (χ1v) is 8.98. The molecule has 1 fully saturated rings. The van der Waals surface area contributed by atoms with Crippen LogP contribution < -0.4 is 10.5 Å². The minimum absolute atomic E-state index is 0.00699. The highest BCUT2D eigenvalue weighted by molar-refractivity contribution is 5.55. The van der Waals surface area contributed by atoms with E-state index in [1.165, 1.54) is 12.4 Å². The molecule has 0 N–H and O–H groups in total. The Labute approximate surface area is 157 Å². The van der Waals surface area contributed by atoms with E-state index in [1.54, 1.807) is 23.9 Å². The molecule has 4 rings (SSSR count). The lowest BCUT2D eigenvalue weighted by Crippen LogP contribution is -2.36. The molecule has 1 aliphatic heterocycles. The van der Waals surface area contributed by atoms with Gasteiger partial charge >= 0.3 is 0 Å². The second kappa shape index (κ2) is 7.67. The molecule has 0 bridgehead atoms. The van der Waals surface area contributed by atoms with Crippen molar-refractivity contribution in [1.29, 1.82) is 0 Å². The summed E-state index contributed by atoms with van der Waals surface area (Å²) in [5.41, 5.74) is 2.20. The molecule has 27 heavy (non-hydrogen) atoms. The summed E-state index contributed by atoms with van der Waals surface area (Å²) in [7, 11) is 1.75. The van der Waals surface area contributed by atoms with Crippen LogP contribution in [0.2, 0.25) is 0 Å². The lowest BCUT2D eigenvalue weighted by Gasteiger charge is -2.31. The second-order valence-corrected chi connectivity index (χ2v) is 6.48. The molecule has 3 aromatic rings. The normalized spacial score (nSPS) is 17.5. The van der Waals surface area contributed by atoms with Gasteiger partial charge in [0.05, 0.1) is 24.0 Å². The number of ether oxygens (including phenoxy) is 1. The third-order valence-electron chi connectivity index (χ3n) is 4.74. The molecule has 7 nitrogen and oxygen atoms in total. The first kappa shape index (κ1) is 17.4. The second-order valence-electron chi connectivity index (χ2n) is 6.48. The fraction of sp³-hybridized carbons (Fsp3) is 0.300. The number of nitrogens with zero attached hydrogens (tertiary/aromatic N) is 5. The Morgan fingerprint density at radius 2 is 2.00 bits per heavy atom. The van der Waals surface area contributed by atoms with Crippen molar-refractivity contribution in [3.8, 4) is 11.4 Å². The van der Waals surface area contributed by atoms with Crippen LogP contribution in [0.3, 0.4) is 0 Å². The topological polar surface area (TPSA) is 73.1 Å². The molecule has 0 amide bonds. The number of anilines is 1. The van der Waals surface area contributed by atoms with Gasteiger partial charge in [-0.05, 0) is 18.1 Å². The summed E-state index contributed by atoms with van der Waals surface area (Å²) in [6.45, 7) is 2.00. The molecule has 0 unspecified atom stereocenters. The van der Waals surface area contributed by atoms with Crippen molar-refractivity contribution in [3.05, 3.63) is 70.9 Å². The minimum Gasteiger partial charge on any atom is -0.379 e. The van der Waals surface area contributed by atoms with Crippen LogP contribution in [0.25, 0.3) is 11.4 Å². The van der Waals surface area contributed by atoms with E-state index in [-0.39, 0.29) is 11.6 Å². The quantitative estimate of drug-likeness (QED) is 0.710. The van der Waals surface area contributed by atoms with Crippen LogP contribution in [-0.4, -0.2) is 39.3 Å². The first-order chi connectivity index (χ1) is 13.2.